The van der Waals surface area contributed by atoms with Gasteiger partial charge in [-0.2, -0.15) is 0 Å². The molecule has 1 heterocycles. The summed E-state index contributed by atoms with van der Waals surface area (Å²) in [5.41, 5.74) is 1.73. The van der Waals surface area contributed by atoms with Crippen molar-refractivity contribution in [2.75, 3.05) is 7.11 Å². The van der Waals surface area contributed by atoms with Crippen molar-refractivity contribution in [2.24, 2.45) is 5.92 Å². The molecule has 0 saturated carbocycles. The van der Waals surface area contributed by atoms with E-state index in [1.807, 2.05) is 0 Å². The quantitative estimate of drug-likeness (QED) is 0.538. The molecule has 0 aliphatic heterocycles. The Hall–Kier alpha value is -2.26. The van der Waals surface area contributed by atoms with E-state index < -0.39 is 32.5 Å². The third kappa shape index (κ3) is 2.98. The number of aryl methyl sites for hydroxylation is 1. The number of carbonyl (C=O) groups excluding carboxylic acids is 1. The van der Waals surface area contributed by atoms with Gasteiger partial charge in [0, 0.05) is 22.5 Å². The Morgan fingerprint density at radius 1 is 1.23 bits per heavy atom. The lowest BCUT2D eigenvalue weighted by Crippen LogP contribution is -2.51. The number of methoxy groups -OCH3 is 1. The second-order valence-corrected chi connectivity index (χ2v) is 10.2. The highest BCUT2D eigenvalue weighted by atomic mass is 79.9. The van der Waals surface area contributed by atoms with Crippen LogP contribution in [0.5, 0.6) is 0 Å². The number of hydrogen-bond donors (Lipinski definition) is 1. The van der Waals surface area contributed by atoms with Gasteiger partial charge >= 0.3 is 11.0 Å². The van der Waals surface area contributed by atoms with Crippen LogP contribution < -0.4 is 0 Å². The molecule has 0 bridgehead atoms. The average molecular weight is 498 g/mol. The van der Waals surface area contributed by atoms with Crippen LogP contribution in [0.1, 0.15) is 17.7 Å². The Labute approximate surface area is 180 Å². The molecule has 0 saturated heterocycles. The van der Waals surface area contributed by atoms with Crippen molar-refractivity contribution in [2.45, 2.75) is 29.2 Å². The minimum atomic E-state index is -4.70. The monoisotopic (exact) mass is 497 g/mol. The Kier molecular flexibility index (Phi) is 5.22. The van der Waals surface area contributed by atoms with Crippen LogP contribution in [0.2, 0.25) is 0 Å². The summed E-state index contributed by atoms with van der Waals surface area (Å²) in [6, 6.07) is 10.3. The lowest BCUT2D eigenvalue weighted by Gasteiger charge is -2.33. The second kappa shape index (κ2) is 7.46. The number of ether oxygens (including phenoxy) is 1. The number of fused-ring (bicyclic) bond motifs is 3. The summed E-state index contributed by atoms with van der Waals surface area (Å²) in [7, 11) is -3.74. The first-order chi connectivity index (χ1) is 14.2. The van der Waals surface area contributed by atoms with Crippen LogP contribution in [0.3, 0.4) is 0 Å². The highest BCUT2D eigenvalue weighted by molar-refractivity contribution is 9.10. The molecule has 2 atom stereocenters. The zero-order valence-electron chi connectivity index (χ0n) is 15.9. The highest BCUT2D eigenvalue weighted by Gasteiger charge is 2.59. The molecular weight excluding hydrogens is 480 g/mol. The number of halogens is 3. The molecule has 2 aromatic carbocycles. The van der Waals surface area contributed by atoms with Crippen molar-refractivity contribution >= 4 is 42.6 Å². The minimum absolute atomic E-state index is 0.0452. The first-order valence-corrected chi connectivity index (χ1v) is 11.5. The van der Waals surface area contributed by atoms with Crippen molar-refractivity contribution in [3.63, 3.8) is 0 Å². The minimum Gasteiger partial charge on any atom is -0.466 e. The molecule has 9 heteroatoms. The summed E-state index contributed by atoms with van der Waals surface area (Å²) >= 11 is 3.16. The van der Waals surface area contributed by atoms with Crippen LogP contribution in [-0.2, 0) is 32.2 Å². The molecule has 0 radical (unpaired) electrons. The van der Waals surface area contributed by atoms with E-state index in [9.17, 15) is 17.6 Å². The largest absolute Gasteiger partial charge is 0.466 e. The van der Waals surface area contributed by atoms with E-state index in [-0.39, 0.29) is 24.2 Å². The Bertz CT molecular complexity index is 1240. The first-order valence-electron chi connectivity index (χ1n) is 9.26. The van der Waals surface area contributed by atoms with E-state index in [4.69, 9.17) is 0 Å². The first kappa shape index (κ1) is 21.0. The maximum atomic E-state index is 16.3. The predicted molar refractivity (Wildman–Crippen MR) is 111 cm³/mol. The molecule has 158 valence electrons. The van der Waals surface area contributed by atoms with Gasteiger partial charge in [0.15, 0.2) is 0 Å². The van der Waals surface area contributed by atoms with Gasteiger partial charge in [-0.15, -0.1) is 0 Å². The van der Waals surface area contributed by atoms with Gasteiger partial charge in [0.05, 0.1) is 16.5 Å². The fourth-order valence-electron chi connectivity index (χ4n) is 4.18. The molecule has 2 unspecified atom stereocenters. The lowest BCUT2D eigenvalue weighted by atomic mass is 9.83. The fraction of sp³-hybridized carbons (Fsp3) is 0.286. The molecule has 3 aromatic rings. The number of nitrogens with one attached hydrogen (secondary N) is 1. The number of H-pyrrole nitrogens is 1. The van der Waals surface area contributed by atoms with Crippen molar-refractivity contribution in [1.29, 1.82) is 0 Å². The molecule has 1 aromatic heterocycles. The topological polar surface area (TPSA) is 76.2 Å². The summed E-state index contributed by atoms with van der Waals surface area (Å²) in [5.74, 6) is -3.08. The van der Waals surface area contributed by atoms with Gasteiger partial charge in [0.1, 0.15) is 5.82 Å². The summed E-state index contributed by atoms with van der Waals surface area (Å²) in [4.78, 5) is 15.2. The molecule has 4 rings (SSSR count). The number of alkyl halides is 1. The van der Waals surface area contributed by atoms with E-state index in [1.54, 1.807) is 18.2 Å². The van der Waals surface area contributed by atoms with Crippen LogP contribution in [0, 0.1) is 11.7 Å². The third-order valence-corrected chi connectivity index (χ3v) is 8.46. The van der Waals surface area contributed by atoms with Crippen molar-refractivity contribution < 1.29 is 26.7 Å². The maximum absolute atomic E-state index is 16.3. The number of aromatic nitrogens is 1. The predicted octanol–water partition coefficient (Wildman–Crippen LogP) is 4.49. The van der Waals surface area contributed by atoms with Gasteiger partial charge in [0.25, 0.3) is 0 Å². The molecular formula is C21H18BrF2NO4S. The SMILES string of the molecule is COC(=O)C(F)(C1CCc2c([nH]c3ccc(Br)c(F)c23)C1)S(=O)(=O)c1ccccc1. The van der Waals surface area contributed by atoms with Gasteiger partial charge in [-0.05, 0) is 65.0 Å². The van der Waals surface area contributed by atoms with E-state index in [0.29, 0.717) is 26.6 Å². The number of rotatable bonds is 4. The molecule has 0 amide bonds. The Morgan fingerprint density at radius 2 is 1.93 bits per heavy atom. The van der Waals surface area contributed by atoms with Crippen LogP contribution in [0.4, 0.5) is 8.78 Å². The van der Waals surface area contributed by atoms with Crippen LogP contribution in [0.15, 0.2) is 51.8 Å². The molecule has 0 fully saturated rings. The standard InChI is InChI=1S/C21H18BrF2NO4S/c1-29-20(26)21(24,30(27,28)13-5-3-2-4-6-13)12-7-8-14-17(11-12)25-16-10-9-15(22)19(23)18(14)16/h2-6,9-10,12,25H,7-8,11H2,1H3. The summed E-state index contributed by atoms with van der Waals surface area (Å²) in [5, 5.41) is -2.87. The zero-order valence-corrected chi connectivity index (χ0v) is 18.3. The number of aromatic amines is 1. The van der Waals surface area contributed by atoms with Gasteiger partial charge < -0.3 is 9.72 Å². The average Bonchev–Trinajstić information content (AvgIpc) is 3.14. The van der Waals surface area contributed by atoms with Gasteiger partial charge in [0.2, 0.25) is 9.84 Å². The zero-order chi connectivity index (χ0) is 21.7. The number of esters is 1. The van der Waals surface area contributed by atoms with Gasteiger partial charge in [-0.25, -0.2) is 22.0 Å². The summed E-state index contributed by atoms with van der Waals surface area (Å²) in [6.45, 7) is 0. The van der Waals surface area contributed by atoms with E-state index in [1.165, 1.54) is 24.3 Å². The molecule has 1 N–H and O–H groups in total. The van der Waals surface area contributed by atoms with Crippen molar-refractivity contribution in [1.82, 2.24) is 4.98 Å². The van der Waals surface area contributed by atoms with Crippen LogP contribution >= 0.6 is 15.9 Å². The van der Waals surface area contributed by atoms with Crippen LogP contribution in [-0.4, -0.2) is 31.5 Å². The van der Waals surface area contributed by atoms with Crippen molar-refractivity contribution in [3.8, 4) is 0 Å². The second-order valence-electron chi connectivity index (χ2n) is 7.26. The van der Waals surface area contributed by atoms with Gasteiger partial charge in [-0.3, -0.25) is 0 Å². The summed E-state index contributed by atoms with van der Waals surface area (Å²) in [6.07, 6.45) is 0.197. The maximum Gasteiger partial charge on any atom is 0.360 e. The Morgan fingerprint density at radius 3 is 2.60 bits per heavy atom. The van der Waals surface area contributed by atoms with Crippen molar-refractivity contribution in [3.05, 3.63) is 64.0 Å². The number of carbonyl (C=O) groups is 1. The number of benzene rings is 2. The highest BCUT2D eigenvalue weighted by Crippen LogP contribution is 2.44. The summed E-state index contributed by atoms with van der Waals surface area (Å²) < 4.78 is 62.2. The molecule has 1 aliphatic carbocycles. The fourth-order valence-corrected chi connectivity index (χ4v) is 6.31. The Balaban J connectivity index is 1.82. The molecule has 0 spiro atoms. The smallest absolute Gasteiger partial charge is 0.360 e. The van der Waals surface area contributed by atoms with Crippen LogP contribution in [0.25, 0.3) is 10.9 Å². The van der Waals surface area contributed by atoms with E-state index in [2.05, 4.69) is 25.7 Å². The van der Waals surface area contributed by atoms with Gasteiger partial charge in [-0.1, -0.05) is 18.2 Å². The number of hydrogen-bond acceptors (Lipinski definition) is 4. The molecule has 1 aliphatic rings. The number of sulfone groups is 1. The normalized spacial score (nSPS) is 18.6. The lowest BCUT2D eigenvalue weighted by molar-refractivity contribution is -0.152. The molecule has 5 nitrogen and oxygen atoms in total. The van der Waals surface area contributed by atoms with E-state index in [0.717, 1.165) is 7.11 Å². The van der Waals surface area contributed by atoms with E-state index >= 15 is 4.39 Å². The third-order valence-electron chi connectivity index (χ3n) is 5.67. The molecule has 30 heavy (non-hydrogen) atoms.